The Hall–Kier alpha value is -3.00. The highest BCUT2D eigenvalue weighted by Gasteiger charge is 2.26. The van der Waals surface area contributed by atoms with Gasteiger partial charge in [0, 0.05) is 5.56 Å². The molecule has 2 heterocycles. The lowest BCUT2D eigenvalue weighted by Gasteiger charge is -2.12. The van der Waals surface area contributed by atoms with Crippen LogP contribution < -0.4 is 18.9 Å². The molecule has 2 aromatic rings. The Morgan fingerprint density at radius 3 is 2.82 bits per heavy atom. The SMILES string of the molecule is CCOc1c(Br)cc(/C=C2/N=C(c3ccc4c(c3)OCO4)OC2=O)cc1OC. The fourth-order valence-corrected chi connectivity index (χ4v) is 3.40. The van der Waals surface area contributed by atoms with Crippen molar-refractivity contribution in [3.8, 4) is 23.0 Å². The fourth-order valence-electron chi connectivity index (χ4n) is 2.83. The van der Waals surface area contributed by atoms with Crippen LogP contribution in [0.5, 0.6) is 23.0 Å². The topological polar surface area (TPSA) is 75.6 Å². The number of halogens is 1. The van der Waals surface area contributed by atoms with Crippen molar-refractivity contribution in [1.29, 1.82) is 0 Å². The Morgan fingerprint density at radius 1 is 1.21 bits per heavy atom. The highest BCUT2D eigenvalue weighted by atomic mass is 79.9. The molecule has 7 nitrogen and oxygen atoms in total. The first kappa shape index (κ1) is 18.4. The van der Waals surface area contributed by atoms with Crippen LogP contribution in [0.4, 0.5) is 0 Å². The molecular weight excluding hydrogens is 430 g/mol. The van der Waals surface area contributed by atoms with Gasteiger partial charge in [0.25, 0.3) is 0 Å². The third kappa shape index (κ3) is 3.43. The highest BCUT2D eigenvalue weighted by Crippen LogP contribution is 2.38. The number of rotatable bonds is 5. The van der Waals surface area contributed by atoms with E-state index in [4.69, 9.17) is 23.7 Å². The van der Waals surface area contributed by atoms with Crippen molar-refractivity contribution in [2.75, 3.05) is 20.5 Å². The second-order valence-electron chi connectivity index (χ2n) is 5.87. The summed E-state index contributed by atoms with van der Waals surface area (Å²) in [5.74, 6) is 2.08. The third-order valence-corrected chi connectivity index (χ3v) is 4.67. The van der Waals surface area contributed by atoms with Gasteiger partial charge in [0.2, 0.25) is 12.7 Å². The lowest BCUT2D eigenvalue weighted by molar-refractivity contribution is -0.129. The second-order valence-corrected chi connectivity index (χ2v) is 6.73. The molecule has 0 aliphatic carbocycles. The van der Waals surface area contributed by atoms with Crippen molar-refractivity contribution >= 4 is 33.9 Å². The number of aliphatic imine (C=N–C) groups is 1. The number of carbonyl (C=O) groups is 1. The summed E-state index contributed by atoms with van der Waals surface area (Å²) >= 11 is 3.47. The lowest BCUT2D eigenvalue weighted by atomic mass is 10.1. The summed E-state index contributed by atoms with van der Waals surface area (Å²) in [5.41, 5.74) is 1.53. The molecule has 28 heavy (non-hydrogen) atoms. The first-order valence-corrected chi connectivity index (χ1v) is 9.31. The monoisotopic (exact) mass is 445 g/mol. The first-order chi connectivity index (χ1) is 13.6. The summed E-state index contributed by atoms with van der Waals surface area (Å²) < 4.78 is 27.6. The van der Waals surface area contributed by atoms with Crippen LogP contribution in [0.3, 0.4) is 0 Å². The van der Waals surface area contributed by atoms with Gasteiger partial charge in [-0.2, -0.15) is 0 Å². The van der Waals surface area contributed by atoms with Crippen molar-refractivity contribution in [3.63, 3.8) is 0 Å². The molecule has 4 rings (SSSR count). The summed E-state index contributed by atoms with van der Waals surface area (Å²) in [5, 5.41) is 0. The first-order valence-electron chi connectivity index (χ1n) is 8.52. The van der Waals surface area contributed by atoms with E-state index in [1.54, 1.807) is 37.5 Å². The molecule has 8 heteroatoms. The van der Waals surface area contributed by atoms with E-state index in [1.165, 1.54) is 0 Å². The van der Waals surface area contributed by atoms with E-state index in [0.29, 0.717) is 39.6 Å². The lowest BCUT2D eigenvalue weighted by Crippen LogP contribution is -2.05. The van der Waals surface area contributed by atoms with Crippen LogP contribution in [0, 0.1) is 0 Å². The van der Waals surface area contributed by atoms with Crippen LogP contribution in [-0.2, 0) is 9.53 Å². The Balaban J connectivity index is 1.66. The zero-order valence-corrected chi connectivity index (χ0v) is 16.7. The Bertz CT molecular complexity index is 1010. The molecule has 0 N–H and O–H groups in total. The van der Waals surface area contributed by atoms with Crippen molar-refractivity contribution in [3.05, 3.63) is 51.6 Å². The minimum atomic E-state index is -0.531. The zero-order valence-electron chi connectivity index (χ0n) is 15.2. The number of fused-ring (bicyclic) bond motifs is 1. The van der Waals surface area contributed by atoms with E-state index in [2.05, 4.69) is 20.9 Å². The number of nitrogens with zero attached hydrogens (tertiary/aromatic N) is 1. The van der Waals surface area contributed by atoms with Gasteiger partial charge in [-0.15, -0.1) is 0 Å². The van der Waals surface area contributed by atoms with E-state index in [1.807, 2.05) is 13.0 Å². The summed E-state index contributed by atoms with van der Waals surface area (Å²) in [6.07, 6.45) is 1.63. The standard InChI is InChI=1S/C20H16BrNO6/c1-3-25-18-13(21)6-11(8-17(18)24-2)7-14-20(23)28-19(22-14)12-4-5-15-16(9-12)27-10-26-15/h4-9H,3,10H2,1-2H3/b14-7+. The second kappa shape index (κ2) is 7.55. The molecule has 144 valence electrons. The van der Waals surface area contributed by atoms with Crippen LogP contribution in [0.1, 0.15) is 18.1 Å². The molecular formula is C20H16BrNO6. The average Bonchev–Trinajstić information content (AvgIpc) is 3.30. The minimum absolute atomic E-state index is 0.171. The van der Waals surface area contributed by atoms with Gasteiger partial charge in [-0.05, 0) is 64.8 Å². The number of carbonyl (C=O) groups excluding carboxylic acids is 1. The predicted molar refractivity (Wildman–Crippen MR) is 105 cm³/mol. The van der Waals surface area contributed by atoms with Gasteiger partial charge in [-0.25, -0.2) is 9.79 Å². The number of benzene rings is 2. The van der Waals surface area contributed by atoms with Crippen molar-refractivity contribution in [2.45, 2.75) is 6.92 Å². The maximum Gasteiger partial charge on any atom is 0.363 e. The van der Waals surface area contributed by atoms with Gasteiger partial charge >= 0.3 is 5.97 Å². The van der Waals surface area contributed by atoms with E-state index in [0.717, 1.165) is 5.56 Å². The number of hydrogen-bond donors (Lipinski definition) is 0. The zero-order chi connectivity index (χ0) is 19.7. The van der Waals surface area contributed by atoms with Crippen molar-refractivity contribution in [1.82, 2.24) is 0 Å². The number of ether oxygens (including phenoxy) is 5. The maximum atomic E-state index is 12.3. The van der Waals surface area contributed by atoms with Crippen LogP contribution in [0.15, 0.2) is 45.5 Å². The van der Waals surface area contributed by atoms with Gasteiger partial charge in [0.05, 0.1) is 18.2 Å². The van der Waals surface area contributed by atoms with Crippen molar-refractivity contribution in [2.24, 2.45) is 4.99 Å². The van der Waals surface area contributed by atoms with Gasteiger partial charge < -0.3 is 23.7 Å². The fraction of sp³-hybridized carbons (Fsp3) is 0.200. The number of esters is 1. The Morgan fingerprint density at radius 2 is 2.04 bits per heavy atom. The van der Waals surface area contributed by atoms with Gasteiger partial charge in [0.15, 0.2) is 28.7 Å². The largest absolute Gasteiger partial charge is 0.493 e. The minimum Gasteiger partial charge on any atom is -0.493 e. The maximum absolute atomic E-state index is 12.3. The van der Waals surface area contributed by atoms with Crippen LogP contribution >= 0.6 is 15.9 Å². The predicted octanol–water partition coefficient (Wildman–Crippen LogP) is 3.93. The van der Waals surface area contributed by atoms with Gasteiger partial charge in [0.1, 0.15) is 0 Å². The molecule has 0 amide bonds. The third-order valence-electron chi connectivity index (χ3n) is 4.08. The van der Waals surface area contributed by atoms with Crippen molar-refractivity contribution < 1.29 is 28.5 Å². The number of cyclic esters (lactones) is 1. The summed E-state index contributed by atoms with van der Waals surface area (Å²) in [4.78, 5) is 16.6. The number of methoxy groups -OCH3 is 1. The molecule has 2 aromatic carbocycles. The van der Waals surface area contributed by atoms with E-state index < -0.39 is 5.97 Å². The Labute approximate surface area is 169 Å². The molecule has 0 spiro atoms. The van der Waals surface area contributed by atoms with E-state index >= 15 is 0 Å². The molecule has 2 aliphatic heterocycles. The van der Waals surface area contributed by atoms with E-state index in [9.17, 15) is 4.79 Å². The molecule has 0 saturated heterocycles. The van der Waals surface area contributed by atoms with Crippen LogP contribution in [0.25, 0.3) is 6.08 Å². The molecule has 0 fully saturated rings. The summed E-state index contributed by atoms with van der Waals surface area (Å²) in [7, 11) is 1.56. The summed E-state index contributed by atoms with van der Waals surface area (Å²) in [6.45, 7) is 2.57. The average molecular weight is 446 g/mol. The van der Waals surface area contributed by atoms with E-state index in [-0.39, 0.29) is 18.4 Å². The normalized spacial score (nSPS) is 16.2. The highest BCUT2D eigenvalue weighted by molar-refractivity contribution is 9.10. The molecule has 2 aliphatic rings. The summed E-state index contributed by atoms with van der Waals surface area (Å²) in [6, 6.07) is 8.84. The Kier molecular flexibility index (Phi) is 4.95. The van der Waals surface area contributed by atoms with Gasteiger partial charge in [-0.3, -0.25) is 0 Å². The quantitative estimate of drug-likeness (QED) is 0.512. The van der Waals surface area contributed by atoms with Gasteiger partial charge in [-0.1, -0.05) is 0 Å². The molecule has 0 bridgehead atoms. The smallest absolute Gasteiger partial charge is 0.363 e. The molecule has 0 saturated carbocycles. The molecule has 0 unspecified atom stereocenters. The molecule has 0 aromatic heterocycles. The van der Waals surface area contributed by atoms with Crippen LogP contribution in [0.2, 0.25) is 0 Å². The molecule has 0 atom stereocenters. The molecule has 0 radical (unpaired) electrons. The van der Waals surface area contributed by atoms with Crippen LogP contribution in [-0.4, -0.2) is 32.4 Å². The number of hydrogen-bond acceptors (Lipinski definition) is 7.